The molecule has 0 aromatic heterocycles. The highest BCUT2D eigenvalue weighted by atomic mass is 35.5. The first-order valence-corrected chi connectivity index (χ1v) is 8.82. The topological polar surface area (TPSA) is 83.5 Å². The molecule has 0 bridgehead atoms. The van der Waals surface area contributed by atoms with Crippen molar-refractivity contribution in [2.75, 3.05) is 6.61 Å². The molecule has 22 heavy (non-hydrogen) atoms. The summed E-state index contributed by atoms with van der Waals surface area (Å²) in [5, 5.41) is 12.2. The zero-order valence-electron chi connectivity index (χ0n) is 13.1. The molecular weight excluding hydrogens is 326 g/mol. The van der Waals surface area contributed by atoms with E-state index in [0.717, 1.165) is 0 Å². The Labute approximate surface area is 136 Å². The Bertz CT molecular complexity index is 625. The van der Waals surface area contributed by atoms with E-state index in [9.17, 15) is 13.2 Å². The summed E-state index contributed by atoms with van der Waals surface area (Å²) in [6, 6.07) is 5.37. The molecule has 0 saturated carbocycles. The van der Waals surface area contributed by atoms with Gasteiger partial charge < -0.3 is 10.4 Å². The number of sulfone groups is 1. The fourth-order valence-corrected chi connectivity index (χ4v) is 3.22. The van der Waals surface area contributed by atoms with Crippen LogP contribution in [0.3, 0.4) is 0 Å². The van der Waals surface area contributed by atoms with E-state index in [1.165, 1.54) is 38.1 Å². The van der Waals surface area contributed by atoms with E-state index < -0.39 is 20.5 Å². The maximum atomic E-state index is 12.7. The second-order valence-corrected chi connectivity index (χ2v) is 8.82. The summed E-state index contributed by atoms with van der Waals surface area (Å²) in [5.74, 6) is -0.770. The highest BCUT2D eigenvalue weighted by Crippen LogP contribution is 2.27. The van der Waals surface area contributed by atoms with Crippen molar-refractivity contribution in [3.8, 4) is 0 Å². The molecular formula is C15H22ClNO4S. The van der Waals surface area contributed by atoms with Gasteiger partial charge in [-0.3, -0.25) is 4.79 Å². The third kappa shape index (κ3) is 3.80. The SMILES string of the molecule is C[C@@H](CO)[C@@H](C)NC(=O)C(C)(C)S(=O)(=O)c1ccc(Cl)cc1. The second kappa shape index (κ2) is 6.98. The standard InChI is InChI=1S/C15H22ClNO4S/c1-10(9-18)11(2)17-14(19)15(3,4)22(20,21)13-7-5-12(16)6-8-13/h5-8,10-11,18H,9H2,1-4H3,(H,17,19)/t10-,11+/m0/s1. The zero-order chi connectivity index (χ0) is 17.1. The Balaban J connectivity index is 3.06. The van der Waals surface area contributed by atoms with Crippen LogP contribution < -0.4 is 5.32 Å². The lowest BCUT2D eigenvalue weighted by molar-refractivity contribution is -0.123. The maximum absolute atomic E-state index is 12.7. The Morgan fingerprint density at radius 3 is 2.23 bits per heavy atom. The van der Waals surface area contributed by atoms with E-state index in [2.05, 4.69) is 5.32 Å². The molecule has 0 spiro atoms. The molecule has 0 aliphatic carbocycles. The number of carbonyl (C=O) groups excluding carboxylic acids is 1. The fraction of sp³-hybridized carbons (Fsp3) is 0.533. The van der Waals surface area contributed by atoms with Gasteiger partial charge in [0.1, 0.15) is 4.75 Å². The van der Waals surface area contributed by atoms with Crippen LogP contribution in [0.15, 0.2) is 29.2 Å². The molecule has 0 aliphatic heterocycles. The first kappa shape index (κ1) is 18.9. The predicted octanol–water partition coefficient (Wildman–Crippen LogP) is 2.03. The Morgan fingerprint density at radius 2 is 1.77 bits per heavy atom. The molecule has 0 unspecified atom stereocenters. The quantitative estimate of drug-likeness (QED) is 0.824. The molecule has 0 fully saturated rings. The van der Waals surface area contributed by atoms with Gasteiger partial charge in [-0.2, -0.15) is 0 Å². The normalized spacial score (nSPS) is 15.2. The van der Waals surface area contributed by atoms with Crippen LogP contribution in [0, 0.1) is 5.92 Å². The van der Waals surface area contributed by atoms with Crippen molar-refractivity contribution in [3.05, 3.63) is 29.3 Å². The van der Waals surface area contributed by atoms with Crippen molar-refractivity contribution in [2.24, 2.45) is 5.92 Å². The van der Waals surface area contributed by atoms with E-state index in [4.69, 9.17) is 16.7 Å². The van der Waals surface area contributed by atoms with Gasteiger partial charge in [0.25, 0.3) is 0 Å². The highest BCUT2D eigenvalue weighted by molar-refractivity contribution is 7.93. The summed E-state index contributed by atoms with van der Waals surface area (Å²) in [7, 11) is -3.87. The van der Waals surface area contributed by atoms with Gasteiger partial charge in [0.05, 0.1) is 4.90 Å². The van der Waals surface area contributed by atoms with Crippen LogP contribution in [-0.2, 0) is 14.6 Å². The van der Waals surface area contributed by atoms with Gasteiger partial charge >= 0.3 is 0 Å². The summed E-state index contributed by atoms with van der Waals surface area (Å²) in [6.45, 7) is 6.13. The van der Waals surface area contributed by atoms with Gasteiger partial charge in [-0.05, 0) is 51.0 Å². The van der Waals surface area contributed by atoms with Gasteiger partial charge in [0, 0.05) is 17.7 Å². The number of nitrogens with one attached hydrogen (secondary N) is 1. The molecule has 2 atom stereocenters. The molecule has 5 nitrogen and oxygen atoms in total. The lowest BCUT2D eigenvalue weighted by atomic mass is 10.0. The van der Waals surface area contributed by atoms with Crippen LogP contribution in [0.1, 0.15) is 27.7 Å². The number of aliphatic hydroxyl groups is 1. The van der Waals surface area contributed by atoms with E-state index in [1.54, 1.807) is 13.8 Å². The summed E-state index contributed by atoms with van der Waals surface area (Å²) in [4.78, 5) is 12.4. The molecule has 1 aromatic carbocycles. The summed E-state index contributed by atoms with van der Waals surface area (Å²) in [6.07, 6.45) is 0. The Morgan fingerprint density at radius 1 is 1.27 bits per heavy atom. The molecule has 1 amide bonds. The smallest absolute Gasteiger partial charge is 0.241 e. The molecule has 0 heterocycles. The maximum Gasteiger partial charge on any atom is 0.241 e. The minimum absolute atomic E-state index is 0.0416. The average molecular weight is 348 g/mol. The molecule has 7 heteroatoms. The molecule has 0 saturated heterocycles. The lowest BCUT2D eigenvalue weighted by Gasteiger charge is -2.27. The van der Waals surface area contributed by atoms with Crippen molar-refractivity contribution in [3.63, 3.8) is 0 Å². The van der Waals surface area contributed by atoms with Crippen molar-refractivity contribution in [2.45, 2.75) is 43.4 Å². The van der Waals surface area contributed by atoms with Crippen LogP contribution >= 0.6 is 11.6 Å². The molecule has 124 valence electrons. The minimum atomic E-state index is -3.87. The van der Waals surface area contributed by atoms with Crippen LogP contribution in [0.5, 0.6) is 0 Å². The summed E-state index contributed by atoms with van der Waals surface area (Å²) >= 11 is 5.76. The predicted molar refractivity (Wildman–Crippen MR) is 86.6 cm³/mol. The molecule has 0 radical (unpaired) electrons. The van der Waals surface area contributed by atoms with Crippen molar-refractivity contribution < 1.29 is 18.3 Å². The highest BCUT2D eigenvalue weighted by Gasteiger charge is 2.43. The van der Waals surface area contributed by atoms with E-state index in [-0.39, 0.29) is 23.5 Å². The number of hydrogen-bond donors (Lipinski definition) is 2. The van der Waals surface area contributed by atoms with E-state index in [1.807, 2.05) is 0 Å². The largest absolute Gasteiger partial charge is 0.396 e. The van der Waals surface area contributed by atoms with Gasteiger partial charge in [-0.25, -0.2) is 8.42 Å². The van der Waals surface area contributed by atoms with Crippen molar-refractivity contribution >= 4 is 27.3 Å². The van der Waals surface area contributed by atoms with Crippen LogP contribution in [0.2, 0.25) is 5.02 Å². The number of amides is 1. The monoisotopic (exact) mass is 347 g/mol. The number of benzene rings is 1. The lowest BCUT2D eigenvalue weighted by Crippen LogP contribution is -2.52. The fourth-order valence-electron chi connectivity index (χ4n) is 1.71. The third-order valence-corrected chi connectivity index (χ3v) is 6.52. The average Bonchev–Trinajstić information content (AvgIpc) is 2.46. The van der Waals surface area contributed by atoms with Gasteiger partial charge in [-0.15, -0.1) is 0 Å². The van der Waals surface area contributed by atoms with Crippen LogP contribution in [0.4, 0.5) is 0 Å². The Kier molecular flexibility index (Phi) is 6.01. The Hall–Kier alpha value is -1.11. The molecule has 1 rings (SSSR count). The van der Waals surface area contributed by atoms with Gasteiger partial charge in [-0.1, -0.05) is 18.5 Å². The molecule has 2 N–H and O–H groups in total. The number of aliphatic hydroxyl groups excluding tert-OH is 1. The minimum Gasteiger partial charge on any atom is -0.396 e. The number of carbonyl (C=O) groups is 1. The molecule has 1 aromatic rings. The second-order valence-electron chi connectivity index (χ2n) is 5.89. The summed E-state index contributed by atoms with van der Waals surface area (Å²) < 4.78 is 23.7. The first-order chi connectivity index (χ1) is 10.0. The number of hydrogen-bond acceptors (Lipinski definition) is 4. The van der Waals surface area contributed by atoms with Crippen LogP contribution in [0.25, 0.3) is 0 Å². The van der Waals surface area contributed by atoms with Crippen molar-refractivity contribution in [1.29, 1.82) is 0 Å². The van der Waals surface area contributed by atoms with Gasteiger partial charge in [0.2, 0.25) is 5.91 Å². The van der Waals surface area contributed by atoms with Crippen molar-refractivity contribution in [1.82, 2.24) is 5.32 Å². The van der Waals surface area contributed by atoms with E-state index >= 15 is 0 Å². The number of rotatable bonds is 6. The summed E-state index contributed by atoms with van der Waals surface area (Å²) in [5.41, 5.74) is 0. The zero-order valence-corrected chi connectivity index (χ0v) is 14.7. The van der Waals surface area contributed by atoms with Crippen LogP contribution in [-0.4, -0.2) is 36.8 Å². The third-order valence-electron chi connectivity index (χ3n) is 3.84. The molecule has 0 aliphatic rings. The number of halogens is 1. The first-order valence-electron chi connectivity index (χ1n) is 6.96. The van der Waals surface area contributed by atoms with Gasteiger partial charge in [0.15, 0.2) is 9.84 Å². The van der Waals surface area contributed by atoms with E-state index in [0.29, 0.717) is 5.02 Å².